The Morgan fingerprint density at radius 1 is 0.806 bits per heavy atom. The summed E-state index contributed by atoms with van der Waals surface area (Å²) in [6, 6.07) is 24.2. The van der Waals surface area contributed by atoms with Crippen molar-refractivity contribution < 1.29 is 18.4 Å². The zero-order chi connectivity index (χ0) is 43.1. The van der Waals surface area contributed by atoms with Gasteiger partial charge in [0.05, 0.1) is 59.7 Å². The maximum absolute atomic E-state index is 14.7. The molecule has 13 heteroatoms. The molecule has 12 nitrogen and oxygen atoms in total. The summed E-state index contributed by atoms with van der Waals surface area (Å²) in [5.41, 5.74) is 4.99. The van der Waals surface area contributed by atoms with Gasteiger partial charge in [-0.05, 0) is 79.6 Å². The van der Waals surface area contributed by atoms with Crippen molar-refractivity contribution in [2.45, 2.75) is 71.3 Å². The number of hydrogen-bond donors (Lipinski definition) is 2. The van der Waals surface area contributed by atoms with Crippen LogP contribution in [0.25, 0.3) is 55.2 Å². The van der Waals surface area contributed by atoms with Crippen LogP contribution >= 0.6 is 0 Å². The number of H-pyrrole nitrogens is 2. The number of nitrogens with zero attached hydrogens (tertiary/aromatic N) is 6. The first kappa shape index (κ1) is 41.2. The first-order valence-electron chi connectivity index (χ1n) is 22.0. The van der Waals surface area contributed by atoms with Crippen molar-refractivity contribution in [2.75, 3.05) is 45.8 Å². The summed E-state index contributed by atoms with van der Waals surface area (Å²) < 4.78 is 21.2. The molecule has 2 amide bonds. The average molecular weight is 837 g/mol. The molecule has 9 rings (SSSR count). The number of likely N-dealkylation sites (tertiary alicyclic amines) is 2. The molecule has 0 radical (unpaired) electrons. The van der Waals surface area contributed by atoms with E-state index in [2.05, 4.69) is 33.7 Å². The lowest BCUT2D eigenvalue weighted by Gasteiger charge is -2.34. The Morgan fingerprint density at radius 2 is 1.48 bits per heavy atom. The number of imidazole rings is 2. The van der Waals surface area contributed by atoms with Gasteiger partial charge in [-0.1, -0.05) is 82.3 Å². The van der Waals surface area contributed by atoms with E-state index in [1.54, 1.807) is 23.4 Å². The highest BCUT2D eigenvalue weighted by molar-refractivity contribution is 6.09. The van der Waals surface area contributed by atoms with Crippen molar-refractivity contribution in [1.82, 2.24) is 39.5 Å². The molecule has 2 aliphatic rings. The molecule has 3 aromatic heterocycles. The third kappa shape index (κ3) is 7.57. The SMILES string of the molecule is CCN(CC)CC(=O)N1C[C@H](F)C[C@H]1c1ncc(-c2ccc3c(ccc4oc5cc(-c6cnc([C@@H]7CCCN7C(=O)[C@@H](c7ccccc7)N(CC)CC)[nH]6)ccc5c(=O)c43)c2)[nH]1. The molecule has 2 aliphatic heterocycles. The van der Waals surface area contributed by atoms with Gasteiger partial charge in [0.1, 0.15) is 35.0 Å². The highest BCUT2D eigenvalue weighted by atomic mass is 19.1. The first-order valence-corrected chi connectivity index (χ1v) is 22.0. The molecule has 62 heavy (non-hydrogen) atoms. The van der Waals surface area contributed by atoms with Crippen molar-refractivity contribution >= 4 is 44.5 Å². The first-order chi connectivity index (χ1) is 30.2. The van der Waals surface area contributed by atoms with Gasteiger partial charge in [0.2, 0.25) is 17.2 Å². The smallest absolute Gasteiger partial charge is 0.245 e. The lowest BCUT2D eigenvalue weighted by atomic mass is 10.0. The third-order valence-corrected chi connectivity index (χ3v) is 13.0. The molecule has 0 saturated carbocycles. The van der Waals surface area contributed by atoms with E-state index in [0.29, 0.717) is 34.3 Å². The van der Waals surface area contributed by atoms with Gasteiger partial charge in [0.25, 0.3) is 0 Å². The number of likely N-dealkylation sites (N-methyl/N-ethyl adjacent to an activating group) is 2. The Labute approximate surface area is 359 Å². The number of amides is 2. The van der Waals surface area contributed by atoms with Crippen LogP contribution in [0.3, 0.4) is 0 Å². The van der Waals surface area contributed by atoms with Crippen molar-refractivity contribution in [3.63, 3.8) is 0 Å². The summed E-state index contributed by atoms with van der Waals surface area (Å²) in [6.07, 6.45) is 4.30. The molecule has 320 valence electrons. The fourth-order valence-electron chi connectivity index (χ4n) is 9.57. The van der Waals surface area contributed by atoms with Gasteiger partial charge in [-0.2, -0.15) is 0 Å². The Balaban J connectivity index is 0.965. The van der Waals surface area contributed by atoms with Crippen molar-refractivity contribution in [3.05, 3.63) is 119 Å². The summed E-state index contributed by atoms with van der Waals surface area (Å²) in [7, 11) is 0. The van der Waals surface area contributed by atoms with Gasteiger partial charge < -0.3 is 24.2 Å². The fourth-order valence-corrected chi connectivity index (χ4v) is 9.57. The number of fused-ring (bicyclic) bond motifs is 4. The van der Waals surface area contributed by atoms with E-state index < -0.39 is 12.2 Å². The Kier molecular flexibility index (Phi) is 11.5. The molecule has 0 aliphatic carbocycles. The van der Waals surface area contributed by atoms with E-state index in [-0.39, 0.29) is 48.8 Å². The number of halogens is 1. The second-order valence-corrected chi connectivity index (χ2v) is 16.5. The summed E-state index contributed by atoms with van der Waals surface area (Å²) in [6.45, 7) is 12.2. The minimum absolute atomic E-state index is 0.0584. The predicted octanol–water partition coefficient (Wildman–Crippen LogP) is 8.58. The Hall–Kier alpha value is -6.18. The quantitative estimate of drug-likeness (QED) is 0.0872. The third-order valence-electron chi connectivity index (χ3n) is 13.0. The van der Waals surface area contributed by atoms with Crippen LogP contribution in [-0.4, -0.2) is 103 Å². The Morgan fingerprint density at radius 3 is 2.18 bits per heavy atom. The lowest BCUT2D eigenvalue weighted by molar-refractivity contribution is -0.138. The van der Waals surface area contributed by atoms with E-state index in [4.69, 9.17) is 9.40 Å². The number of alkyl halides is 1. The van der Waals surface area contributed by atoms with Gasteiger partial charge >= 0.3 is 0 Å². The molecule has 0 spiro atoms. The Bertz CT molecular complexity index is 2810. The van der Waals surface area contributed by atoms with Gasteiger partial charge in [-0.15, -0.1) is 0 Å². The van der Waals surface area contributed by atoms with Crippen LogP contribution in [-0.2, 0) is 9.59 Å². The van der Waals surface area contributed by atoms with Gasteiger partial charge in [-0.3, -0.25) is 24.2 Å². The number of benzene rings is 4. The number of rotatable bonds is 13. The molecular weight excluding hydrogens is 784 g/mol. The average Bonchev–Trinajstić information content (AvgIpc) is 4.14. The number of nitrogens with one attached hydrogen (secondary N) is 2. The van der Waals surface area contributed by atoms with Gasteiger partial charge in [0, 0.05) is 24.1 Å². The number of carbonyl (C=O) groups excluding carboxylic acids is 2. The largest absolute Gasteiger partial charge is 0.456 e. The molecule has 7 aromatic rings. The molecule has 5 heterocycles. The topological polar surface area (TPSA) is 135 Å². The molecule has 2 N–H and O–H groups in total. The second-order valence-electron chi connectivity index (χ2n) is 16.5. The molecule has 2 fully saturated rings. The summed E-state index contributed by atoms with van der Waals surface area (Å²) >= 11 is 0. The molecular formula is C49H53FN8O4. The predicted molar refractivity (Wildman–Crippen MR) is 240 cm³/mol. The van der Waals surface area contributed by atoms with Gasteiger partial charge in [0.15, 0.2) is 0 Å². The van der Waals surface area contributed by atoms with Crippen LogP contribution in [0.4, 0.5) is 4.39 Å². The van der Waals surface area contributed by atoms with Crippen LogP contribution in [0.2, 0.25) is 0 Å². The van der Waals surface area contributed by atoms with Crippen LogP contribution in [0.1, 0.15) is 82.3 Å². The minimum atomic E-state index is -1.11. The highest BCUT2D eigenvalue weighted by Crippen LogP contribution is 2.37. The van der Waals surface area contributed by atoms with E-state index in [0.717, 1.165) is 83.7 Å². The minimum Gasteiger partial charge on any atom is -0.456 e. The van der Waals surface area contributed by atoms with E-state index in [1.165, 1.54) is 0 Å². The normalized spacial score (nSPS) is 18.6. The molecule has 4 aromatic carbocycles. The zero-order valence-electron chi connectivity index (χ0n) is 35.7. The summed E-state index contributed by atoms with van der Waals surface area (Å²) in [5.74, 6) is 1.28. The summed E-state index contributed by atoms with van der Waals surface area (Å²) in [5, 5.41) is 2.58. The van der Waals surface area contributed by atoms with Crippen molar-refractivity contribution in [1.29, 1.82) is 0 Å². The molecule has 2 saturated heterocycles. The van der Waals surface area contributed by atoms with Crippen LogP contribution in [0.15, 0.2) is 100 Å². The maximum atomic E-state index is 14.7. The zero-order valence-corrected chi connectivity index (χ0v) is 35.7. The van der Waals surface area contributed by atoms with Crippen molar-refractivity contribution in [2.24, 2.45) is 0 Å². The van der Waals surface area contributed by atoms with Crippen LogP contribution in [0, 0.1) is 0 Å². The number of hydrogen-bond acceptors (Lipinski definition) is 8. The lowest BCUT2D eigenvalue weighted by Crippen LogP contribution is -2.43. The van der Waals surface area contributed by atoms with Crippen molar-refractivity contribution in [3.8, 4) is 22.5 Å². The standard InChI is InChI=1S/C49H53FN8O4/c1-5-55(6-2)29-43(59)58-28-34(50)25-40(58)48-52-26-37(54-48)32-16-19-35-31(23-32)18-21-41-44(35)46(60)36-20-17-33(24-42(36)62-41)38-27-51-47(53-38)39-15-12-22-57(39)49(61)45(56(7-3)8-4)30-13-10-9-11-14-30/h9-11,13-14,16-21,23-24,26-27,34,39-40,45H,5-8,12,15,22,25,28-29H2,1-4H3,(H,51,53)(H,52,54)/t34-,39+,40+,45-/m1/s1. The maximum Gasteiger partial charge on any atom is 0.245 e. The van der Waals surface area contributed by atoms with E-state index in [1.807, 2.05) is 96.4 Å². The molecule has 4 atom stereocenters. The van der Waals surface area contributed by atoms with E-state index >= 15 is 0 Å². The van der Waals surface area contributed by atoms with E-state index in [9.17, 15) is 18.8 Å². The second kappa shape index (κ2) is 17.3. The number of aromatic nitrogens is 4. The number of aromatic amines is 2. The highest BCUT2D eigenvalue weighted by Gasteiger charge is 2.39. The fraction of sp³-hybridized carbons (Fsp3) is 0.367. The van der Waals surface area contributed by atoms with Crippen LogP contribution < -0.4 is 5.43 Å². The molecule has 0 bridgehead atoms. The monoisotopic (exact) mass is 836 g/mol. The summed E-state index contributed by atoms with van der Waals surface area (Å²) in [4.78, 5) is 65.8. The molecule has 0 unspecified atom stereocenters. The number of carbonyl (C=O) groups is 2. The van der Waals surface area contributed by atoms with Gasteiger partial charge in [-0.25, -0.2) is 14.4 Å². The van der Waals surface area contributed by atoms with Crippen LogP contribution in [0.5, 0.6) is 0 Å².